The number of thiazole rings is 1. The van der Waals surface area contributed by atoms with Crippen molar-refractivity contribution in [2.24, 2.45) is 0 Å². The average Bonchev–Trinajstić information content (AvgIpc) is 2.83. The third kappa shape index (κ3) is 2.46. The molecule has 82 valence electrons. The van der Waals surface area contributed by atoms with Crippen LogP contribution in [0.4, 0.5) is 0 Å². The lowest BCUT2D eigenvalue weighted by molar-refractivity contribution is 0.0789. The molecule has 0 aliphatic carbocycles. The lowest BCUT2D eigenvalue weighted by Crippen LogP contribution is -2.25. The van der Waals surface area contributed by atoms with Crippen LogP contribution < -0.4 is 0 Å². The second-order valence-electron chi connectivity index (χ2n) is 3.51. The molecule has 0 fully saturated rings. The van der Waals surface area contributed by atoms with Gasteiger partial charge in [-0.25, -0.2) is 0 Å². The maximum atomic E-state index is 11.9. The monoisotopic (exact) mass is 232 g/mol. The Morgan fingerprint density at radius 2 is 2.12 bits per heavy atom. The molecule has 16 heavy (non-hydrogen) atoms. The van der Waals surface area contributed by atoms with Gasteiger partial charge in [-0.15, -0.1) is 11.3 Å². The van der Waals surface area contributed by atoms with Crippen molar-refractivity contribution in [3.05, 3.63) is 52.5 Å². The second kappa shape index (κ2) is 4.90. The van der Waals surface area contributed by atoms with Gasteiger partial charge in [0.1, 0.15) is 4.88 Å². The summed E-state index contributed by atoms with van der Waals surface area (Å²) in [4.78, 5) is 18.2. The summed E-state index contributed by atoms with van der Waals surface area (Å²) in [6.45, 7) is 0.623. The number of rotatable bonds is 3. The van der Waals surface area contributed by atoms with Crippen molar-refractivity contribution in [2.45, 2.75) is 6.54 Å². The van der Waals surface area contributed by atoms with Gasteiger partial charge in [-0.2, -0.15) is 0 Å². The quantitative estimate of drug-likeness (QED) is 0.814. The van der Waals surface area contributed by atoms with E-state index in [1.807, 2.05) is 30.3 Å². The van der Waals surface area contributed by atoms with Gasteiger partial charge in [-0.3, -0.25) is 9.78 Å². The predicted molar refractivity (Wildman–Crippen MR) is 64.4 cm³/mol. The minimum absolute atomic E-state index is 0.0198. The summed E-state index contributed by atoms with van der Waals surface area (Å²) < 4.78 is 0. The van der Waals surface area contributed by atoms with Crippen LogP contribution in [0.2, 0.25) is 0 Å². The summed E-state index contributed by atoms with van der Waals surface area (Å²) in [6.07, 6.45) is 1.61. The first-order valence-corrected chi connectivity index (χ1v) is 5.83. The van der Waals surface area contributed by atoms with Crippen LogP contribution >= 0.6 is 11.3 Å². The Hall–Kier alpha value is -1.68. The number of carbonyl (C=O) groups excluding carboxylic acids is 1. The third-order valence-corrected chi connectivity index (χ3v) is 3.01. The number of carbonyl (C=O) groups is 1. The van der Waals surface area contributed by atoms with Crippen LogP contribution in [0.15, 0.2) is 42.0 Å². The van der Waals surface area contributed by atoms with E-state index in [1.165, 1.54) is 11.3 Å². The number of nitrogens with zero attached hydrogens (tertiary/aromatic N) is 2. The van der Waals surface area contributed by atoms with Crippen molar-refractivity contribution >= 4 is 17.2 Å². The van der Waals surface area contributed by atoms with Crippen LogP contribution in [-0.4, -0.2) is 22.8 Å². The molecule has 0 saturated carbocycles. The molecule has 0 aliphatic rings. The second-order valence-corrected chi connectivity index (χ2v) is 4.40. The highest BCUT2D eigenvalue weighted by Gasteiger charge is 2.12. The van der Waals surface area contributed by atoms with Crippen molar-refractivity contribution in [1.29, 1.82) is 0 Å². The van der Waals surface area contributed by atoms with Crippen molar-refractivity contribution in [3.8, 4) is 0 Å². The zero-order valence-corrected chi connectivity index (χ0v) is 9.78. The van der Waals surface area contributed by atoms with E-state index in [0.29, 0.717) is 11.4 Å². The number of amides is 1. The number of hydrogen-bond donors (Lipinski definition) is 0. The zero-order chi connectivity index (χ0) is 11.4. The van der Waals surface area contributed by atoms with E-state index in [0.717, 1.165) is 5.56 Å². The molecule has 1 aromatic carbocycles. The van der Waals surface area contributed by atoms with Crippen molar-refractivity contribution in [2.75, 3.05) is 7.05 Å². The van der Waals surface area contributed by atoms with E-state index >= 15 is 0 Å². The topological polar surface area (TPSA) is 33.2 Å². The van der Waals surface area contributed by atoms with Crippen LogP contribution in [0, 0.1) is 0 Å². The number of aromatic nitrogens is 1. The standard InChI is InChI=1S/C12H12N2OS/c1-14(8-10-5-3-2-4-6-10)12(15)11-7-13-9-16-11/h2-7,9H,8H2,1H3. The van der Waals surface area contributed by atoms with Crippen LogP contribution in [-0.2, 0) is 6.54 Å². The highest BCUT2D eigenvalue weighted by molar-refractivity contribution is 7.11. The Kier molecular flexibility index (Phi) is 3.31. The fraction of sp³-hybridized carbons (Fsp3) is 0.167. The van der Waals surface area contributed by atoms with Crippen molar-refractivity contribution < 1.29 is 4.79 Å². The fourth-order valence-corrected chi connectivity index (χ4v) is 2.05. The molecule has 3 nitrogen and oxygen atoms in total. The molecule has 0 spiro atoms. The molecule has 0 atom stereocenters. The molecule has 1 heterocycles. The third-order valence-electron chi connectivity index (χ3n) is 2.25. The summed E-state index contributed by atoms with van der Waals surface area (Å²) in [5, 5.41) is 0. The summed E-state index contributed by atoms with van der Waals surface area (Å²) in [7, 11) is 1.80. The Morgan fingerprint density at radius 1 is 1.38 bits per heavy atom. The molecule has 0 bridgehead atoms. The maximum Gasteiger partial charge on any atom is 0.265 e. The van der Waals surface area contributed by atoms with Crippen LogP contribution in [0.3, 0.4) is 0 Å². The summed E-state index contributed by atoms with van der Waals surface area (Å²) in [5.41, 5.74) is 2.80. The van der Waals surface area contributed by atoms with Gasteiger partial charge >= 0.3 is 0 Å². The van der Waals surface area contributed by atoms with Gasteiger partial charge in [0.2, 0.25) is 0 Å². The van der Waals surface area contributed by atoms with E-state index in [2.05, 4.69) is 4.98 Å². The summed E-state index contributed by atoms with van der Waals surface area (Å²) >= 11 is 1.37. The highest BCUT2D eigenvalue weighted by atomic mass is 32.1. The summed E-state index contributed by atoms with van der Waals surface area (Å²) in [6, 6.07) is 9.93. The molecule has 0 N–H and O–H groups in total. The van der Waals surface area contributed by atoms with Gasteiger partial charge in [-0.1, -0.05) is 30.3 Å². The Morgan fingerprint density at radius 3 is 2.75 bits per heavy atom. The first-order chi connectivity index (χ1) is 7.77. The van der Waals surface area contributed by atoms with Gasteiger partial charge in [-0.05, 0) is 5.56 Å². The van der Waals surface area contributed by atoms with E-state index in [4.69, 9.17) is 0 Å². The molecule has 0 unspecified atom stereocenters. The van der Waals surface area contributed by atoms with E-state index in [-0.39, 0.29) is 5.91 Å². The molecule has 4 heteroatoms. The first kappa shape index (κ1) is 10.8. The van der Waals surface area contributed by atoms with Gasteiger partial charge in [0.15, 0.2) is 0 Å². The SMILES string of the molecule is CN(Cc1ccccc1)C(=O)c1cncs1. The van der Waals surface area contributed by atoms with Crippen LogP contribution in [0.1, 0.15) is 15.2 Å². The lowest BCUT2D eigenvalue weighted by Gasteiger charge is -2.15. The number of hydrogen-bond acceptors (Lipinski definition) is 3. The van der Waals surface area contributed by atoms with E-state index < -0.39 is 0 Å². The lowest BCUT2D eigenvalue weighted by atomic mass is 10.2. The Balaban J connectivity index is 2.04. The molecule has 0 aliphatic heterocycles. The van der Waals surface area contributed by atoms with Gasteiger partial charge in [0.05, 0.1) is 11.7 Å². The molecule has 2 rings (SSSR count). The smallest absolute Gasteiger partial charge is 0.265 e. The van der Waals surface area contributed by atoms with Gasteiger partial charge in [0, 0.05) is 13.6 Å². The van der Waals surface area contributed by atoms with E-state index in [9.17, 15) is 4.79 Å². The minimum Gasteiger partial charge on any atom is -0.337 e. The van der Waals surface area contributed by atoms with Gasteiger partial charge in [0.25, 0.3) is 5.91 Å². The van der Waals surface area contributed by atoms with E-state index in [1.54, 1.807) is 23.7 Å². The molecule has 2 aromatic rings. The maximum absolute atomic E-state index is 11.9. The normalized spacial score (nSPS) is 10.1. The highest BCUT2D eigenvalue weighted by Crippen LogP contribution is 2.11. The van der Waals surface area contributed by atoms with Crippen molar-refractivity contribution in [1.82, 2.24) is 9.88 Å². The molecular weight excluding hydrogens is 220 g/mol. The van der Waals surface area contributed by atoms with Crippen LogP contribution in [0.5, 0.6) is 0 Å². The van der Waals surface area contributed by atoms with Crippen LogP contribution in [0.25, 0.3) is 0 Å². The molecule has 1 amide bonds. The van der Waals surface area contributed by atoms with Crippen molar-refractivity contribution in [3.63, 3.8) is 0 Å². The first-order valence-electron chi connectivity index (χ1n) is 4.95. The van der Waals surface area contributed by atoms with Gasteiger partial charge < -0.3 is 4.90 Å². The average molecular weight is 232 g/mol. The molecular formula is C12H12N2OS. The molecule has 1 aromatic heterocycles. The zero-order valence-electron chi connectivity index (χ0n) is 8.96. The Bertz CT molecular complexity index is 453. The Labute approximate surface area is 98.4 Å². The predicted octanol–water partition coefficient (Wildman–Crippen LogP) is 2.42. The largest absolute Gasteiger partial charge is 0.337 e. The molecule has 0 radical (unpaired) electrons. The molecule has 0 saturated heterocycles. The minimum atomic E-state index is 0.0198. The number of benzene rings is 1. The fourth-order valence-electron chi connectivity index (χ4n) is 1.44. The summed E-state index contributed by atoms with van der Waals surface area (Å²) in [5.74, 6) is 0.0198.